The molecule has 1 heterocycles. The highest BCUT2D eigenvalue weighted by molar-refractivity contribution is 5.92. The van der Waals surface area contributed by atoms with Crippen molar-refractivity contribution in [2.24, 2.45) is 47.3 Å². The number of aliphatic hydroxyl groups is 4. The Morgan fingerprint density at radius 1 is 0.750 bits per heavy atom. The minimum absolute atomic E-state index is 0.128. The molecule has 14 atom stereocenters. The zero-order valence-corrected chi connectivity index (χ0v) is 33.2. The number of cyclic esters (lactones) is 2. The van der Waals surface area contributed by atoms with Gasteiger partial charge in [0, 0.05) is 53.9 Å². The molecule has 0 spiro atoms. The smallest absolute Gasteiger partial charge is 0.331 e. The molecule has 0 saturated heterocycles. The van der Waals surface area contributed by atoms with Gasteiger partial charge in [0.15, 0.2) is 11.6 Å². The third-order valence-corrected chi connectivity index (χ3v) is 10.9. The summed E-state index contributed by atoms with van der Waals surface area (Å²) in [7, 11) is 0. The molecule has 10 nitrogen and oxygen atoms in total. The van der Waals surface area contributed by atoms with Crippen LogP contribution in [-0.2, 0) is 28.7 Å². The first-order valence-electron chi connectivity index (χ1n) is 19.3. The van der Waals surface area contributed by atoms with Gasteiger partial charge in [-0.15, -0.1) is 0 Å². The van der Waals surface area contributed by atoms with E-state index in [-0.39, 0.29) is 41.7 Å². The second-order valence-corrected chi connectivity index (χ2v) is 15.1. The highest BCUT2D eigenvalue weighted by atomic mass is 16.5. The maximum atomic E-state index is 13.1. The molecule has 52 heavy (non-hydrogen) atoms. The lowest BCUT2D eigenvalue weighted by Crippen LogP contribution is -2.42. The summed E-state index contributed by atoms with van der Waals surface area (Å²) >= 11 is 0. The van der Waals surface area contributed by atoms with Crippen LogP contribution in [0.5, 0.6) is 0 Å². The maximum Gasteiger partial charge on any atom is 0.331 e. The second kappa shape index (κ2) is 23.7. The van der Waals surface area contributed by atoms with Crippen LogP contribution in [0, 0.1) is 47.3 Å². The number of aliphatic hydroxyl groups excluding tert-OH is 4. The Labute approximate surface area is 312 Å². The average molecular weight is 733 g/mol. The quantitative estimate of drug-likeness (QED) is 0.108. The first kappa shape index (κ1) is 47.1. The fourth-order valence-electron chi connectivity index (χ4n) is 6.85. The number of allylic oxidation sites excluding steroid dienone is 4. The van der Waals surface area contributed by atoms with Crippen LogP contribution < -0.4 is 0 Å². The molecule has 0 bridgehead atoms. The molecule has 1 aliphatic rings. The Morgan fingerprint density at radius 3 is 1.69 bits per heavy atom. The lowest BCUT2D eigenvalue weighted by atomic mass is 9.81. The van der Waals surface area contributed by atoms with Gasteiger partial charge in [-0.2, -0.15) is 0 Å². The summed E-state index contributed by atoms with van der Waals surface area (Å²) in [5.74, 6) is -5.27. The fourth-order valence-corrected chi connectivity index (χ4v) is 6.85. The molecule has 10 heteroatoms. The number of esters is 2. The van der Waals surface area contributed by atoms with Crippen molar-refractivity contribution < 1.29 is 49.1 Å². The summed E-state index contributed by atoms with van der Waals surface area (Å²) in [6.45, 7) is 17.7. The molecular weight excluding hydrogens is 664 g/mol. The lowest BCUT2D eigenvalue weighted by molar-refractivity contribution is -0.157. The van der Waals surface area contributed by atoms with Gasteiger partial charge < -0.3 is 29.9 Å². The summed E-state index contributed by atoms with van der Waals surface area (Å²) in [4.78, 5) is 52.1. The molecule has 0 amide bonds. The van der Waals surface area contributed by atoms with E-state index in [1.165, 1.54) is 24.3 Å². The van der Waals surface area contributed by atoms with Gasteiger partial charge >= 0.3 is 11.9 Å². The van der Waals surface area contributed by atoms with Gasteiger partial charge in [-0.25, -0.2) is 4.79 Å². The SMILES string of the molecule is CC[C@@H](/C=C/C(=O)[C@@H](C)[C@H](O)[C@H](C)[C@H]1OC(=O)CCCC[C@H](C)[C@@H]([C@@H](C)[C@@H](O)[C@H](C)C(=O)/C=C/[C@H](CC)[C@@H](C)O)OC(=O)/C=C/C=C/[C@@H]1C)[C@@H](C)O. The van der Waals surface area contributed by atoms with Crippen molar-refractivity contribution in [1.82, 2.24) is 0 Å². The number of ketones is 2. The van der Waals surface area contributed by atoms with Crippen LogP contribution in [0.1, 0.15) is 108 Å². The molecular formula is C42H68O10. The van der Waals surface area contributed by atoms with E-state index >= 15 is 0 Å². The minimum atomic E-state index is -1.12. The summed E-state index contributed by atoms with van der Waals surface area (Å²) in [6, 6.07) is 0. The molecule has 0 aromatic rings. The summed E-state index contributed by atoms with van der Waals surface area (Å²) < 4.78 is 11.9. The van der Waals surface area contributed by atoms with Crippen molar-refractivity contribution in [3.05, 3.63) is 48.6 Å². The van der Waals surface area contributed by atoms with Gasteiger partial charge in [0.1, 0.15) is 12.2 Å². The van der Waals surface area contributed by atoms with Crippen LogP contribution >= 0.6 is 0 Å². The number of hydrogen-bond acceptors (Lipinski definition) is 10. The minimum Gasteiger partial charge on any atom is -0.461 e. The Morgan fingerprint density at radius 2 is 1.23 bits per heavy atom. The Hall–Kier alpha value is -2.92. The van der Waals surface area contributed by atoms with Crippen molar-refractivity contribution in [2.75, 3.05) is 0 Å². The largest absolute Gasteiger partial charge is 0.461 e. The van der Waals surface area contributed by atoms with Crippen molar-refractivity contribution in [3.8, 4) is 0 Å². The zero-order chi connectivity index (χ0) is 39.7. The molecule has 0 unspecified atom stereocenters. The van der Waals surface area contributed by atoms with E-state index in [2.05, 4.69) is 0 Å². The molecule has 0 aromatic heterocycles. The number of hydrogen-bond donors (Lipinski definition) is 4. The number of carbonyl (C=O) groups excluding carboxylic acids is 4. The molecule has 1 rings (SSSR count). The van der Waals surface area contributed by atoms with E-state index < -0.39 is 72.2 Å². The van der Waals surface area contributed by atoms with Crippen LogP contribution in [0.15, 0.2) is 48.6 Å². The zero-order valence-electron chi connectivity index (χ0n) is 33.2. The van der Waals surface area contributed by atoms with Crippen molar-refractivity contribution in [2.45, 2.75) is 144 Å². The van der Waals surface area contributed by atoms with E-state index in [0.29, 0.717) is 32.1 Å². The molecule has 0 aromatic carbocycles. The van der Waals surface area contributed by atoms with E-state index in [9.17, 15) is 39.6 Å². The number of carbonyl (C=O) groups is 4. The predicted octanol–water partition coefficient (Wildman–Crippen LogP) is 6.10. The third kappa shape index (κ3) is 15.2. The van der Waals surface area contributed by atoms with E-state index in [1.54, 1.807) is 65.8 Å². The normalized spacial score (nSPS) is 28.3. The molecule has 0 saturated carbocycles. The summed E-state index contributed by atoms with van der Waals surface area (Å²) in [5, 5.41) is 42.4. The van der Waals surface area contributed by atoms with E-state index in [0.717, 1.165) is 0 Å². The van der Waals surface area contributed by atoms with Gasteiger partial charge in [-0.05, 0) is 57.6 Å². The van der Waals surface area contributed by atoms with Crippen LogP contribution in [0.3, 0.4) is 0 Å². The van der Waals surface area contributed by atoms with Gasteiger partial charge in [-0.3, -0.25) is 14.4 Å². The molecule has 0 radical (unpaired) electrons. The third-order valence-electron chi connectivity index (χ3n) is 10.9. The van der Waals surface area contributed by atoms with Crippen molar-refractivity contribution in [3.63, 3.8) is 0 Å². The van der Waals surface area contributed by atoms with Crippen molar-refractivity contribution >= 4 is 23.5 Å². The number of rotatable bonds is 16. The molecule has 1 aliphatic heterocycles. The van der Waals surface area contributed by atoms with Gasteiger partial charge in [-0.1, -0.05) is 92.2 Å². The molecule has 0 aliphatic carbocycles. The topological polar surface area (TPSA) is 168 Å². The van der Waals surface area contributed by atoms with Crippen LogP contribution in [-0.4, -0.2) is 80.6 Å². The first-order chi connectivity index (χ1) is 24.4. The predicted molar refractivity (Wildman–Crippen MR) is 203 cm³/mol. The Bertz CT molecular complexity index is 1230. The monoisotopic (exact) mass is 732 g/mol. The molecule has 296 valence electrons. The highest BCUT2D eigenvalue weighted by Crippen LogP contribution is 2.30. The second-order valence-electron chi connectivity index (χ2n) is 15.1. The number of ether oxygens (including phenoxy) is 2. The van der Waals surface area contributed by atoms with Crippen LogP contribution in [0.25, 0.3) is 0 Å². The standard InChI is InChI=1S/C42H68O10/c1-11-33(31(9)43)21-23-35(45)27(5)39(49)29(7)41-25(3)17-13-15-20-38(48)52-42(26(4)18-14-16-19-37(47)51-41)30(8)40(50)28(6)36(46)24-22-34(12-2)32(10)44/h13,15,17,20-34,39-44,49-50H,11-12,14,16,18-19H2,1-10H3/b17-13+,20-15+,23-21+,24-22+/t25-,26-,27+,28+,29-,30-,31+,32+,33-,34-,39-,40-,41-,42-/m0/s1. The Kier molecular flexibility index (Phi) is 21.5. The first-order valence-corrected chi connectivity index (χ1v) is 19.3. The lowest BCUT2D eigenvalue weighted by Gasteiger charge is -2.34. The van der Waals surface area contributed by atoms with Crippen LogP contribution in [0.2, 0.25) is 0 Å². The van der Waals surface area contributed by atoms with Crippen molar-refractivity contribution in [1.29, 1.82) is 0 Å². The molecule has 4 N–H and O–H groups in total. The summed E-state index contributed by atoms with van der Waals surface area (Å²) in [6.07, 6.45) is 10.6. The molecule has 0 fully saturated rings. The maximum absolute atomic E-state index is 13.1. The van der Waals surface area contributed by atoms with Gasteiger partial charge in [0.2, 0.25) is 0 Å². The average Bonchev–Trinajstić information content (AvgIpc) is 3.10. The van der Waals surface area contributed by atoms with E-state index in [1.807, 2.05) is 27.7 Å². The van der Waals surface area contributed by atoms with Gasteiger partial charge in [0.25, 0.3) is 0 Å². The Balaban J connectivity index is 3.19. The van der Waals surface area contributed by atoms with E-state index in [4.69, 9.17) is 9.47 Å². The summed E-state index contributed by atoms with van der Waals surface area (Å²) in [5.41, 5.74) is 0. The van der Waals surface area contributed by atoms with Gasteiger partial charge in [0.05, 0.1) is 24.4 Å². The van der Waals surface area contributed by atoms with Crippen LogP contribution in [0.4, 0.5) is 0 Å². The highest BCUT2D eigenvalue weighted by Gasteiger charge is 2.37. The fraction of sp³-hybridized carbons (Fsp3) is 0.714.